The Morgan fingerprint density at radius 1 is 0.861 bits per heavy atom. The number of nitrogens with zero attached hydrogens (tertiary/aromatic N) is 2. The van der Waals surface area contributed by atoms with Crippen LogP contribution in [0.15, 0.2) is 77.3 Å². The maximum absolute atomic E-state index is 13.8. The van der Waals surface area contributed by atoms with Crippen LogP contribution in [0.1, 0.15) is 18.4 Å². The molecule has 7 nitrogen and oxygen atoms in total. The van der Waals surface area contributed by atoms with Crippen molar-refractivity contribution < 1.29 is 27.3 Å². The van der Waals surface area contributed by atoms with Crippen molar-refractivity contribution in [2.45, 2.75) is 19.0 Å². The molecule has 184 valence electrons. The molecule has 36 heavy (non-hydrogen) atoms. The molecule has 0 saturated heterocycles. The SMILES string of the molecule is CNC(=O)CCC(=O)Nc1ccc(-c2noc(-c3ccc(-c4ccccc4)c(C(F)(F)F)c3)n2)cc1. The second-order valence-corrected chi connectivity index (χ2v) is 7.85. The monoisotopic (exact) mass is 494 g/mol. The lowest BCUT2D eigenvalue weighted by Gasteiger charge is -2.14. The lowest BCUT2D eigenvalue weighted by atomic mass is 9.97. The molecule has 0 unspecified atom stereocenters. The zero-order chi connectivity index (χ0) is 25.7. The second-order valence-electron chi connectivity index (χ2n) is 7.85. The molecule has 0 fully saturated rings. The molecule has 0 aliphatic heterocycles. The molecule has 0 radical (unpaired) electrons. The van der Waals surface area contributed by atoms with Crippen LogP contribution in [0.25, 0.3) is 34.0 Å². The van der Waals surface area contributed by atoms with Crippen molar-refractivity contribution in [2.75, 3.05) is 12.4 Å². The number of alkyl halides is 3. The Balaban J connectivity index is 1.53. The maximum atomic E-state index is 13.8. The van der Waals surface area contributed by atoms with Crippen LogP contribution >= 0.6 is 0 Å². The minimum atomic E-state index is -4.58. The van der Waals surface area contributed by atoms with Crippen molar-refractivity contribution >= 4 is 17.5 Å². The molecular formula is C26H21F3N4O3. The molecule has 0 aliphatic carbocycles. The fourth-order valence-corrected chi connectivity index (χ4v) is 3.52. The van der Waals surface area contributed by atoms with Crippen LogP contribution in [0.3, 0.4) is 0 Å². The number of carbonyl (C=O) groups is 2. The highest BCUT2D eigenvalue weighted by molar-refractivity contribution is 5.93. The number of rotatable bonds is 7. The predicted molar refractivity (Wildman–Crippen MR) is 128 cm³/mol. The zero-order valence-corrected chi connectivity index (χ0v) is 19.1. The molecule has 10 heteroatoms. The summed E-state index contributed by atoms with van der Waals surface area (Å²) in [5, 5.41) is 9.01. The number of amides is 2. The summed E-state index contributed by atoms with van der Waals surface area (Å²) in [5.41, 5.74) is 0.896. The van der Waals surface area contributed by atoms with E-state index < -0.39 is 11.7 Å². The molecule has 1 heterocycles. The molecule has 4 aromatic rings. The van der Waals surface area contributed by atoms with Gasteiger partial charge in [0.15, 0.2) is 0 Å². The third-order valence-corrected chi connectivity index (χ3v) is 5.37. The average Bonchev–Trinajstić information content (AvgIpc) is 3.38. The zero-order valence-electron chi connectivity index (χ0n) is 19.1. The third kappa shape index (κ3) is 5.77. The van der Waals surface area contributed by atoms with Crippen LogP contribution in [-0.2, 0) is 15.8 Å². The van der Waals surface area contributed by atoms with Gasteiger partial charge in [-0.05, 0) is 47.5 Å². The van der Waals surface area contributed by atoms with E-state index in [1.165, 1.54) is 19.2 Å². The summed E-state index contributed by atoms with van der Waals surface area (Å²) in [6.07, 6.45) is -4.46. The average molecular weight is 494 g/mol. The largest absolute Gasteiger partial charge is 0.417 e. The van der Waals surface area contributed by atoms with Gasteiger partial charge >= 0.3 is 6.18 Å². The first-order valence-electron chi connectivity index (χ1n) is 11.0. The van der Waals surface area contributed by atoms with Gasteiger partial charge < -0.3 is 15.2 Å². The van der Waals surface area contributed by atoms with Gasteiger partial charge in [-0.15, -0.1) is 0 Å². The molecule has 2 amide bonds. The van der Waals surface area contributed by atoms with Crippen molar-refractivity contribution in [3.8, 4) is 34.0 Å². The summed E-state index contributed by atoms with van der Waals surface area (Å²) >= 11 is 0. The maximum Gasteiger partial charge on any atom is 0.417 e. The van der Waals surface area contributed by atoms with Crippen LogP contribution < -0.4 is 10.6 Å². The molecule has 0 atom stereocenters. The van der Waals surface area contributed by atoms with Crippen LogP contribution in [-0.4, -0.2) is 29.0 Å². The van der Waals surface area contributed by atoms with Crippen molar-refractivity contribution in [1.82, 2.24) is 15.5 Å². The van der Waals surface area contributed by atoms with Crippen molar-refractivity contribution in [1.29, 1.82) is 0 Å². The Labute approximate surface area is 204 Å². The topological polar surface area (TPSA) is 97.1 Å². The Bertz CT molecular complexity index is 1370. The highest BCUT2D eigenvalue weighted by atomic mass is 19.4. The van der Waals surface area contributed by atoms with Gasteiger partial charge in [0.1, 0.15) is 0 Å². The van der Waals surface area contributed by atoms with Crippen LogP contribution in [0.4, 0.5) is 18.9 Å². The Morgan fingerprint density at radius 3 is 2.19 bits per heavy atom. The van der Waals surface area contributed by atoms with Gasteiger partial charge in [-0.1, -0.05) is 41.6 Å². The first-order chi connectivity index (χ1) is 17.2. The number of hydrogen-bond acceptors (Lipinski definition) is 5. The summed E-state index contributed by atoms with van der Waals surface area (Å²) in [6.45, 7) is 0. The van der Waals surface area contributed by atoms with E-state index in [0.29, 0.717) is 16.8 Å². The first-order valence-corrected chi connectivity index (χ1v) is 11.0. The quantitative estimate of drug-likeness (QED) is 0.351. The van der Waals surface area contributed by atoms with E-state index >= 15 is 0 Å². The summed E-state index contributed by atoms with van der Waals surface area (Å²) in [5.74, 6) is -0.414. The summed E-state index contributed by atoms with van der Waals surface area (Å²) < 4.78 is 46.7. The number of aromatic nitrogens is 2. The Hall–Kier alpha value is -4.47. The number of anilines is 1. The van der Waals surface area contributed by atoms with E-state index in [-0.39, 0.29) is 47.5 Å². The van der Waals surface area contributed by atoms with Crippen LogP contribution in [0, 0.1) is 0 Å². The second kappa shape index (κ2) is 10.4. The fraction of sp³-hybridized carbons (Fsp3) is 0.154. The highest BCUT2D eigenvalue weighted by Crippen LogP contribution is 2.39. The third-order valence-electron chi connectivity index (χ3n) is 5.37. The van der Waals surface area contributed by atoms with Crippen LogP contribution in [0.2, 0.25) is 0 Å². The molecule has 2 N–H and O–H groups in total. The van der Waals surface area contributed by atoms with Crippen molar-refractivity contribution in [3.63, 3.8) is 0 Å². The molecular weight excluding hydrogens is 473 g/mol. The van der Waals surface area contributed by atoms with Gasteiger partial charge in [-0.2, -0.15) is 18.2 Å². The van der Waals surface area contributed by atoms with Gasteiger partial charge in [0, 0.05) is 36.7 Å². The molecule has 0 spiro atoms. The summed E-state index contributed by atoms with van der Waals surface area (Å²) in [6, 6.07) is 18.7. The lowest BCUT2D eigenvalue weighted by Crippen LogP contribution is -2.20. The van der Waals surface area contributed by atoms with Gasteiger partial charge in [0.05, 0.1) is 5.56 Å². The van der Waals surface area contributed by atoms with Gasteiger partial charge in [-0.25, -0.2) is 0 Å². The van der Waals surface area contributed by atoms with Gasteiger partial charge in [0.25, 0.3) is 5.89 Å². The molecule has 4 rings (SSSR count). The van der Waals surface area contributed by atoms with Crippen LogP contribution in [0.5, 0.6) is 0 Å². The van der Waals surface area contributed by atoms with E-state index in [1.807, 2.05) is 0 Å². The number of nitrogens with one attached hydrogen (secondary N) is 2. The number of carbonyl (C=O) groups excluding carboxylic acids is 2. The molecule has 0 saturated carbocycles. The first kappa shape index (κ1) is 24.6. The molecule has 0 aliphatic rings. The van der Waals surface area contributed by atoms with Gasteiger partial charge in [0.2, 0.25) is 17.6 Å². The lowest BCUT2D eigenvalue weighted by molar-refractivity contribution is -0.137. The fourth-order valence-electron chi connectivity index (χ4n) is 3.52. The van der Waals surface area contributed by atoms with E-state index in [2.05, 4.69) is 20.8 Å². The number of benzene rings is 3. The summed E-state index contributed by atoms with van der Waals surface area (Å²) in [4.78, 5) is 27.5. The highest BCUT2D eigenvalue weighted by Gasteiger charge is 2.34. The van der Waals surface area contributed by atoms with E-state index in [4.69, 9.17) is 4.52 Å². The molecule has 1 aromatic heterocycles. The van der Waals surface area contributed by atoms with E-state index in [9.17, 15) is 22.8 Å². The number of hydrogen-bond donors (Lipinski definition) is 2. The summed E-state index contributed by atoms with van der Waals surface area (Å²) in [7, 11) is 1.50. The van der Waals surface area contributed by atoms with E-state index in [1.54, 1.807) is 54.6 Å². The minimum absolute atomic E-state index is 0.0403. The Kier molecular flexibility index (Phi) is 7.14. The van der Waals surface area contributed by atoms with Crippen molar-refractivity contribution in [3.05, 3.63) is 78.4 Å². The van der Waals surface area contributed by atoms with Gasteiger partial charge in [-0.3, -0.25) is 9.59 Å². The smallest absolute Gasteiger partial charge is 0.359 e. The number of halogens is 3. The van der Waals surface area contributed by atoms with Crippen molar-refractivity contribution in [2.24, 2.45) is 0 Å². The standard InChI is InChI=1S/C26H21F3N4O3/c1-30-22(34)13-14-23(35)31-19-10-7-17(8-11-19)24-32-25(36-33-24)18-9-12-20(16-5-3-2-4-6-16)21(15-18)26(27,28)29/h2-12,15H,13-14H2,1H3,(H,30,34)(H,31,35). The molecule has 0 bridgehead atoms. The molecule has 3 aromatic carbocycles. The predicted octanol–water partition coefficient (Wildman–Crippen LogP) is 5.55. The Morgan fingerprint density at radius 2 is 1.53 bits per heavy atom. The minimum Gasteiger partial charge on any atom is -0.359 e. The van der Waals surface area contributed by atoms with E-state index in [0.717, 1.165) is 6.07 Å². The normalized spacial score (nSPS) is 11.2.